The molecule has 1 fully saturated rings. The second-order valence-corrected chi connectivity index (χ2v) is 13.8. The first kappa shape index (κ1) is 39.0. The molecule has 1 aromatic heterocycles. The SMILES string of the molecule is CC[C@H](C)[C@H](CC(=O)[C@@]1(C)CCCN1C)C(=O)N(C)[C@H](C[C@@H](OC(C)=O)c1nc(C(=O)Oc2c(F)c(F)c(F)c(F)c2F)cs1)C(C)C. The Bertz CT molecular complexity index is 1510. The van der Waals surface area contributed by atoms with Crippen LogP contribution in [0.15, 0.2) is 5.38 Å². The maximum absolute atomic E-state index is 14.1. The summed E-state index contributed by atoms with van der Waals surface area (Å²) < 4.78 is 78.9. The van der Waals surface area contributed by atoms with Crippen LogP contribution in [-0.2, 0) is 19.1 Å². The molecule has 5 atom stereocenters. The Balaban J connectivity index is 1.87. The summed E-state index contributed by atoms with van der Waals surface area (Å²) in [5.74, 6) is -16.8. The van der Waals surface area contributed by atoms with E-state index in [1.165, 1.54) is 0 Å². The fraction of sp³-hybridized carbons (Fsp3) is 0.606. The number of hydrogen-bond donors (Lipinski definition) is 0. The summed E-state index contributed by atoms with van der Waals surface area (Å²) in [7, 11) is 3.53. The van der Waals surface area contributed by atoms with Crippen molar-refractivity contribution in [1.82, 2.24) is 14.8 Å². The molecule has 48 heavy (non-hydrogen) atoms. The number of rotatable bonds is 14. The van der Waals surface area contributed by atoms with E-state index >= 15 is 0 Å². The number of likely N-dealkylation sites (N-methyl/N-ethyl adjacent to an activating group) is 1. The highest BCUT2D eigenvalue weighted by atomic mass is 32.1. The number of halogens is 5. The van der Waals surface area contributed by atoms with Gasteiger partial charge < -0.3 is 14.4 Å². The van der Waals surface area contributed by atoms with Gasteiger partial charge in [-0.25, -0.2) is 22.9 Å². The first-order valence-electron chi connectivity index (χ1n) is 15.7. The van der Waals surface area contributed by atoms with E-state index in [1.807, 2.05) is 46.6 Å². The predicted molar refractivity (Wildman–Crippen MR) is 167 cm³/mol. The summed E-state index contributed by atoms with van der Waals surface area (Å²) in [5, 5.41) is 1.18. The van der Waals surface area contributed by atoms with Crippen molar-refractivity contribution < 1.29 is 50.6 Å². The number of carbonyl (C=O) groups excluding carboxylic acids is 4. The van der Waals surface area contributed by atoms with Crippen molar-refractivity contribution in [3.63, 3.8) is 0 Å². The second kappa shape index (κ2) is 15.8. The third kappa shape index (κ3) is 8.21. The molecule has 9 nitrogen and oxygen atoms in total. The lowest BCUT2D eigenvalue weighted by Gasteiger charge is -2.38. The molecule has 0 aliphatic carbocycles. The van der Waals surface area contributed by atoms with Crippen LogP contribution >= 0.6 is 11.3 Å². The van der Waals surface area contributed by atoms with E-state index in [1.54, 1.807) is 11.9 Å². The highest BCUT2D eigenvalue weighted by molar-refractivity contribution is 7.09. The number of likely N-dealkylation sites (tertiary alicyclic amines) is 1. The molecule has 1 amide bonds. The van der Waals surface area contributed by atoms with Crippen molar-refractivity contribution >= 4 is 35.0 Å². The number of hydrogen-bond acceptors (Lipinski definition) is 9. The number of ketones is 1. The highest BCUT2D eigenvalue weighted by Crippen LogP contribution is 2.36. The van der Waals surface area contributed by atoms with Gasteiger partial charge in [-0.05, 0) is 45.2 Å². The third-order valence-corrected chi connectivity index (χ3v) is 10.3. The van der Waals surface area contributed by atoms with E-state index in [2.05, 4.69) is 9.72 Å². The van der Waals surface area contributed by atoms with Gasteiger partial charge >= 0.3 is 11.9 Å². The summed E-state index contributed by atoms with van der Waals surface area (Å²) in [4.78, 5) is 60.1. The van der Waals surface area contributed by atoms with E-state index in [0.717, 1.165) is 36.6 Å². The lowest BCUT2D eigenvalue weighted by Crippen LogP contribution is -2.50. The fourth-order valence-electron chi connectivity index (χ4n) is 5.96. The molecule has 266 valence electrons. The van der Waals surface area contributed by atoms with Crippen LogP contribution in [-0.4, -0.2) is 70.6 Å². The smallest absolute Gasteiger partial charge is 0.363 e. The lowest BCUT2D eigenvalue weighted by atomic mass is 9.80. The monoisotopic (exact) mass is 703 g/mol. The van der Waals surface area contributed by atoms with Crippen molar-refractivity contribution in [3.8, 4) is 5.75 Å². The van der Waals surface area contributed by atoms with Gasteiger partial charge in [-0.3, -0.25) is 19.3 Å². The summed E-state index contributed by atoms with van der Waals surface area (Å²) >= 11 is 0.829. The summed E-state index contributed by atoms with van der Waals surface area (Å²) in [5.41, 5.74) is -1.19. The molecule has 15 heteroatoms. The predicted octanol–water partition coefficient (Wildman–Crippen LogP) is 6.64. The van der Waals surface area contributed by atoms with Gasteiger partial charge in [-0.15, -0.1) is 11.3 Å². The minimum absolute atomic E-state index is 0.00140. The number of nitrogens with zero attached hydrogens (tertiary/aromatic N) is 3. The van der Waals surface area contributed by atoms with Gasteiger partial charge in [0, 0.05) is 44.2 Å². The van der Waals surface area contributed by atoms with Gasteiger partial charge in [-0.2, -0.15) is 8.78 Å². The zero-order valence-corrected chi connectivity index (χ0v) is 29.1. The van der Waals surface area contributed by atoms with E-state index in [0.29, 0.717) is 12.8 Å². The standard InChI is InChI=1S/C33H42F5N3O6S/c1-9-17(4)19(13-23(43)33(6)11-10-12-40(33)7)31(44)41(8)21(16(2)3)14-22(46-18(5)42)30-39-20(15-48-30)32(45)47-29-27(37)25(35)24(34)26(36)28(29)38/h15-17,19,21-22H,9-14H2,1-8H3/t17-,19-,21+,22+,33+/m0/s1. The molecular formula is C33H42F5N3O6S. The minimum Gasteiger partial charge on any atom is -0.455 e. The van der Waals surface area contributed by atoms with Crippen LogP contribution in [0.4, 0.5) is 22.0 Å². The molecular weight excluding hydrogens is 661 g/mol. The number of thiazole rings is 1. The molecule has 1 saturated heterocycles. The number of esters is 2. The number of amides is 1. The zero-order chi connectivity index (χ0) is 36.2. The Morgan fingerprint density at radius 1 is 1.04 bits per heavy atom. The summed E-state index contributed by atoms with van der Waals surface area (Å²) in [6, 6.07) is -0.541. The van der Waals surface area contributed by atoms with Gasteiger partial charge in [0.25, 0.3) is 0 Å². The van der Waals surface area contributed by atoms with Gasteiger partial charge in [0.05, 0.1) is 5.54 Å². The summed E-state index contributed by atoms with van der Waals surface area (Å²) in [6.45, 7) is 11.5. The highest BCUT2D eigenvalue weighted by Gasteiger charge is 2.44. The van der Waals surface area contributed by atoms with Gasteiger partial charge in [0.15, 0.2) is 17.6 Å². The topological polar surface area (TPSA) is 106 Å². The number of ether oxygens (including phenoxy) is 2. The third-order valence-electron chi connectivity index (χ3n) is 9.40. The molecule has 0 N–H and O–H groups in total. The van der Waals surface area contributed by atoms with Crippen LogP contribution < -0.4 is 4.74 Å². The first-order chi connectivity index (χ1) is 22.3. The molecule has 0 bridgehead atoms. The molecule has 1 aliphatic rings. The Morgan fingerprint density at radius 3 is 2.12 bits per heavy atom. The maximum Gasteiger partial charge on any atom is 0.363 e. The average molecular weight is 704 g/mol. The molecule has 0 unspecified atom stereocenters. The van der Waals surface area contributed by atoms with Crippen molar-refractivity contribution in [2.75, 3.05) is 20.6 Å². The zero-order valence-electron chi connectivity index (χ0n) is 28.3. The van der Waals surface area contributed by atoms with Crippen molar-refractivity contribution in [2.45, 2.75) is 91.3 Å². The van der Waals surface area contributed by atoms with Crippen molar-refractivity contribution in [3.05, 3.63) is 45.2 Å². The lowest BCUT2D eigenvalue weighted by molar-refractivity contribution is -0.149. The molecule has 2 heterocycles. The molecule has 0 spiro atoms. The largest absolute Gasteiger partial charge is 0.455 e. The van der Waals surface area contributed by atoms with Gasteiger partial charge in [0.2, 0.25) is 40.7 Å². The van der Waals surface area contributed by atoms with Gasteiger partial charge in [0.1, 0.15) is 5.01 Å². The first-order valence-corrected chi connectivity index (χ1v) is 16.6. The van der Waals surface area contributed by atoms with Gasteiger partial charge in [-0.1, -0.05) is 34.1 Å². The van der Waals surface area contributed by atoms with Crippen molar-refractivity contribution in [1.29, 1.82) is 0 Å². The van der Waals surface area contributed by atoms with Crippen LogP contribution in [0.25, 0.3) is 0 Å². The average Bonchev–Trinajstić information content (AvgIpc) is 3.67. The van der Waals surface area contributed by atoms with E-state index < -0.39 is 76.1 Å². The Hall–Kier alpha value is -3.46. The molecule has 1 aromatic carbocycles. The fourth-order valence-corrected chi connectivity index (χ4v) is 6.78. The Morgan fingerprint density at radius 2 is 1.62 bits per heavy atom. The Kier molecular flexibility index (Phi) is 12.9. The van der Waals surface area contributed by atoms with Crippen LogP contribution in [0, 0.1) is 46.8 Å². The Labute approximate surface area is 280 Å². The normalized spacial score (nSPS) is 19.1. The van der Waals surface area contributed by atoms with Crippen LogP contribution in [0.1, 0.15) is 95.2 Å². The number of Topliss-reactive ketones (excluding diaryl/α,β-unsaturated/α-hetero) is 1. The summed E-state index contributed by atoms with van der Waals surface area (Å²) in [6.07, 6.45) is 1.26. The molecule has 0 radical (unpaired) electrons. The minimum atomic E-state index is -2.41. The van der Waals surface area contributed by atoms with Crippen LogP contribution in [0.2, 0.25) is 0 Å². The number of aromatic nitrogens is 1. The van der Waals surface area contributed by atoms with Crippen LogP contribution in [0.5, 0.6) is 5.75 Å². The molecule has 0 saturated carbocycles. The maximum atomic E-state index is 14.1. The number of benzene rings is 1. The van der Waals surface area contributed by atoms with Crippen LogP contribution in [0.3, 0.4) is 0 Å². The van der Waals surface area contributed by atoms with Crippen molar-refractivity contribution in [2.24, 2.45) is 17.8 Å². The number of carbonyl (C=O) groups is 4. The molecule has 1 aliphatic heterocycles. The molecule has 3 rings (SSSR count). The van der Waals surface area contributed by atoms with E-state index in [9.17, 15) is 41.1 Å². The van der Waals surface area contributed by atoms with E-state index in [4.69, 9.17) is 4.74 Å². The quantitative estimate of drug-likeness (QED) is 0.0709. The van der Waals surface area contributed by atoms with E-state index in [-0.39, 0.29) is 41.4 Å². The second-order valence-electron chi connectivity index (χ2n) is 12.9. The molecule has 2 aromatic rings.